The summed E-state index contributed by atoms with van der Waals surface area (Å²) in [6, 6.07) is 0. The number of ether oxygens (including phenoxy) is 1. The van der Waals surface area contributed by atoms with Crippen molar-refractivity contribution in [2.45, 2.75) is 137 Å². The molecule has 0 aromatic heterocycles. The van der Waals surface area contributed by atoms with Crippen molar-refractivity contribution in [2.24, 2.45) is 50.7 Å². The van der Waals surface area contributed by atoms with Gasteiger partial charge in [-0.3, -0.25) is 0 Å². The zero-order valence-electron chi connectivity index (χ0n) is 23.1. The fourth-order valence-corrected chi connectivity index (χ4v) is 11.5. The van der Waals surface area contributed by atoms with Crippen LogP contribution in [0.4, 0.5) is 0 Å². The Morgan fingerprint density at radius 2 is 1.29 bits per heavy atom. The lowest BCUT2D eigenvalue weighted by atomic mass is 9.31. The van der Waals surface area contributed by atoms with Gasteiger partial charge in [-0.2, -0.15) is 9.78 Å². The molecule has 0 aromatic rings. The van der Waals surface area contributed by atoms with Crippen molar-refractivity contribution in [3.05, 3.63) is 0 Å². The summed E-state index contributed by atoms with van der Waals surface area (Å²) in [6.07, 6.45) is 11.3. The van der Waals surface area contributed by atoms with Crippen LogP contribution in [0.3, 0.4) is 0 Å². The van der Waals surface area contributed by atoms with Crippen molar-refractivity contribution in [1.82, 2.24) is 0 Å². The Morgan fingerprint density at radius 1 is 0.647 bits per heavy atom. The van der Waals surface area contributed by atoms with Crippen molar-refractivity contribution in [1.29, 1.82) is 0 Å². The molecule has 4 saturated carbocycles. The van der Waals surface area contributed by atoms with Gasteiger partial charge in [0.2, 0.25) is 11.6 Å². The summed E-state index contributed by atoms with van der Waals surface area (Å²) in [5, 5.41) is 10.9. The van der Waals surface area contributed by atoms with Gasteiger partial charge in [-0.15, -0.1) is 0 Å². The van der Waals surface area contributed by atoms with Gasteiger partial charge < -0.3 is 9.84 Å². The number of hydrogen-bond donors (Lipinski definition) is 1. The van der Waals surface area contributed by atoms with Crippen LogP contribution in [-0.2, 0) is 14.5 Å². The molecule has 0 aromatic carbocycles. The molecule has 0 amide bonds. The number of aliphatic hydroxyl groups excluding tert-OH is 1. The lowest BCUT2D eigenvalue weighted by molar-refractivity contribution is -0.391. The molecule has 4 aliphatic carbocycles. The average Bonchev–Trinajstić information content (AvgIpc) is 3.10. The quantitative estimate of drug-likeness (QED) is 0.407. The van der Waals surface area contributed by atoms with E-state index in [1.807, 2.05) is 0 Å². The topological polar surface area (TPSA) is 47.9 Å². The van der Waals surface area contributed by atoms with Crippen LogP contribution in [0.1, 0.15) is 120 Å². The first-order valence-corrected chi connectivity index (χ1v) is 14.5. The van der Waals surface area contributed by atoms with E-state index in [0.717, 1.165) is 38.0 Å². The maximum Gasteiger partial charge on any atom is 0.210 e. The van der Waals surface area contributed by atoms with Gasteiger partial charge in [-0.25, -0.2) is 0 Å². The molecule has 6 rings (SSSR count). The summed E-state index contributed by atoms with van der Waals surface area (Å²) in [5.41, 5.74) is 0.916. The number of fused-ring (bicyclic) bond motifs is 7. The SMILES string of the molecule is CC(C)[C@]12CC[C@]3(C)[C@H]4CC[C@@H]5[C@@]6(C)CC[C@H](O)C(C)(C)[C@@H]6CC[C@@]5(C)[C@]4(C)CC[C@@]3(OO1)O2. The van der Waals surface area contributed by atoms with E-state index in [9.17, 15) is 5.11 Å². The third kappa shape index (κ3) is 2.51. The number of rotatable bonds is 1. The molecule has 2 aliphatic heterocycles. The van der Waals surface area contributed by atoms with E-state index in [2.05, 4.69) is 55.4 Å². The van der Waals surface area contributed by atoms with Crippen molar-refractivity contribution in [3.63, 3.8) is 0 Å². The molecule has 0 radical (unpaired) electrons. The Balaban J connectivity index is 1.37. The van der Waals surface area contributed by atoms with Gasteiger partial charge in [0.05, 0.1) is 6.10 Å². The van der Waals surface area contributed by atoms with Gasteiger partial charge in [0.25, 0.3) is 0 Å². The van der Waals surface area contributed by atoms with E-state index in [-0.39, 0.29) is 22.3 Å². The summed E-state index contributed by atoms with van der Waals surface area (Å²) in [7, 11) is 0. The number of hydrogen-bond acceptors (Lipinski definition) is 4. The second kappa shape index (κ2) is 6.83. The molecule has 6 aliphatic rings. The van der Waals surface area contributed by atoms with Crippen molar-refractivity contribution >= 4 is 0 Å². The summed E-state index contributed by atoms with van der Waals surface area (Å²) >= 11 is 0. The van der Waals surface area contributed by atoms with E-state index in [1.165, 1.54) is 32.1 Å². The summed E-state index contributed by atoms with van der Waals surface area (Å²) < 4.78 is 6.88. The first kappa shape index (κ1) is 24.2. The Hall–Kier alpha value is -0.160. The predicted octanol–water partition coefficient (Wildman–Crippen LogP) is 7.24. The molecule has 194 valence electrons. The largest absolute Gasteiger partial charge is 0.393 e. The summed E-state index contributed by atoms with van der Waals surface area (Å²) in [6.45, 7) is 19.5. The van der Waals surface area contributed by atoms with E-state index >= 15 is 0 Å². The van der Waals surface area contributed by atoms with E-state index in [4.69, 9.17) is 14.5 Å². The van der Waals surface area contributed by atoms with Crippen LogP contribution in [0.25, 0.3) is 0 Å². The first-order valence-electron chi connectivity index (χ1n) is 14.5. The second-order valence-electron chi connectivity index (χ2n) is 15.4. The maximum atomic E-state index is 10.9. The maximum absolute atomic E-state index is 10.9. The molecule has 10 atom stereocenters. The van der Waals surface area contributed by atoms with Gasteiger partial charge in [0.1, 0.15) is 0 Å². The highest BCUT2D eigenvalue weighted by Crippen LogP contribution is 2.78. The molecule has 2 saturated heterocycles. The zero-order valence-corrected chi connectivity index (χ0v) is 23.1. The highest BCUT2D eigenvalue weighted by Gasteiger charge is 2.77. The minimum atomic E-state index is -0.582. The Kier molecular flexibility index (Phi) is 4.86. The molecule has 2 bridgehead atoms. The van der Waals surface area contributed by atoms with Crippen LogP contribution in [0.5, 0.6) is 0 Å². The van der Waals surface area contributed by atoms with Crippen LogP contribution in [0.2, 0.25) is 0 Å². The summed E-state index contributed by atoms with van der Waals surface area (Å²) in [5.74, 6) is 1.07. The molecule has 34 heavy (non-hydrogen) atoms. The highest BCUT2D eigenvalue weighted by molar-refractivity contribution is 5.20. The molecular formula is C30H50O4. The molecule has 0 unspecified atom stereocenters. The lowest BCUT2D eigenvalue weighted by Gasteiger charge is -2.74. The minimum Gasteiger partial charge on any atom is -0.393 e. The van der Waals surface area contributed by atoms with Crippen LogP contribution in [-0.4, -0.2) is 22.8 Å². The van der Waals surface area contributed by atoms with E-state index in [1.54, 1.807) is 0 Å². The van der Waals surface area contributed by atoms with Crippen LogP contribution in [0, 0.1) is 50.7 Å². The van der Waals surface area contributed by atoms with Crippen LogP contribution in [0.15, 0.2) is 0 Å². The van der Waals surface area contributed by atoms with Gasteiger partial charge >= 0.3 is 0 Å². The molecule has 1 spiro atoms. The normalized spacial score (nSPS) is 60.2. The third-order valence-corrected chi connectivity index (χ3v) is 14.0. The smallest absolute Gasteiger partial charge is 0.210 e. The molecule has 6 fully saturated rings. The highest BCUT2D eigenvalue weighted by atomic mass is 17.3. The fraction of sp³-hybridized carbons (Fsp3) is 1.00. The summed E-state index contributed by atoms with van der Waals surface area (Å²) in [4.78, 5) is 12.4. The Bertz CT molecular complexity index is 870. The van der Waals surface area contributed by atoms with Crippen molar-refractivity contribution < 1.29 is 19.6 Å². The second-order valence-corrected chi connectivity index (χ2v) is 15.4. The van der Waals surface area contributed by atoms with E-state index in [0.29, 0.717) is 28.6 Å². The third-order valence-electron chi connectivity index (χ3n) is 14.0. The lowest BCUT2D eigenvalue weighted by Crippen LogP contribution is -2.71. The van der Waals surface area contributed by atoms with Gasteiger partial charge in [-0.1, -0.05) is 55.4 Å². The van der Waals surface area contributed by atoms with Gasteiger partial charge in [0.15, 0.2) is 0 Å². The minimum absolute atomic E-state index is 0.0113. The number of aliphatic hydroxyl groups is 1. The van der Waals surface area contributed by atoms with E-state index < -0.39 is 11.6 Å². The Morgan fingerprint density at radius 3 is 2.00 bits per heavy atom. The average molecular weight is 475 g/mol. The van der Waals surface area contributed by atoms with Crippen molar-refractivity contribution in [3.8, 4) is 0 Å². The molecule has 4 heteroatoms. The monoisotopic (exact) mass is 474 g/mol. The predicted molar refractivity (Wildman–Crippen MR) is 132 cm³/mol. The molecule has 4 nitrogen and oxygen atoms in total. The van der Waals surface area contributed by atoms with Gasteiger partial charge in [-0.05, 0) is 90.8 Å². The van der Waals surface area contributed by atoms with Crippen LogP contribution < -0.4 is 0 Å². The molecule has 1 N–H and O–H groups in total. The molecular weight excluding hydrogens is 424 g/mol. The fourth-order valence-electron chi connectivity index (χ4n) is 11.5. The first-order chi connectivity index (χ1) is 15.7. The molecule has 2 heterocycles. The van der Waals surface area contributed by atoms with Gasteiger partial charge in [0, 0.05) is 24.2 Å². The zero-order chi connectivity index (χ0) is 24.6. The van der Waals surface area contributed by atoms with Crippen molar-refractivity contribution in [2.75, 3.05) is 0 Å². The Labute approximate surface area is 207 Å². The standard InChI is InChI=1S/C30H50O4/c1-19(2)29-17-15-28(8)22-10-9-21-25(5)13-12-23(31)24(3,4)20(25)11-14-26(21,6)27(22,7)16-18-30(28,32-29)34-33-29/h19-23,31H,9-18H2,1-8H3/t20-,21+,22-,23-,25-,26+,27+,28+,29-,30-/m0/s1. The van der Waals surface area contributed by atoms with Crippen LogP contribution >= 0.6 is 0 Å².